The monoisotopic (exact) mass is 793 g/mol. The van der Waals surface area contributed by atoms with Crippen LogP contribution in [0.5, 0.6) is 11.5 Å². The van der Waals surface area contributed by atoms with Crippen LogP contribution in [0.3, 0.4) is 0 Å². The number of amides is 2. The maximum absolute atomic E-state index is 14.9. The summed E-state index contributed by atoms with van der Waals surface area (Å²) in [6, 6.07) is 14.5. The quantitative estimate of drug-likeness (QED) is 0.0797. The zero-order chi connectivity index (χ0) is 41.7. The molecular weight excluding hydrogens is 742 g/mol. The van der Waals surface area contributed by atoms with Crippen LogP contribution in [0, 0.1) is 29.5 Å². The summed E-state index contributed by atoms with van der Waals surface area (Å²) in [5, 5.41) is 16.4. The lowest BCUT2D eigenvalue weighted by atomic mass is 9.72. The molecule has 5 rings (SSSR count). The number of aromatic nitrogens is 1. The van der Waals surface area contributed by atoms with E-state index in [1.54, 1.807) is 24.3 Å². The molecule has 0 aliphatic heterocycles. The van der Waals surface area contributed by atoms with E-state index in [2.05, 4.69) is 15.6 Å². The van der Waals surface area contributed by atoms with Crippen molar-refractivity contribution in [1.29, 1.82) is 0 Å². The molecule has 2 unspecified atom stereocenters. The second kappa shape index (κ2) is 17.9. The zero-order valence-electron chi connectivity index (χ0n) is 32.9. The van der Waals surface area contributed by atoms with E-state index >= 15 is 0 Å². The van der Waals surface area contributed by atoms with Crippen molar-refractivity contribution in [3.05, 3.63) is 94.4 Å². The number of phenols is 1. The molecule has 2 amide bonds. The van der Waals surface area contributed by atoms with Gasteiger partial charge in [-0.1, -0.05) is 76.9 Å². The number of para-hydroxylation sites is 1. The van der Waals surface area contributed by atoms with Gasteiger partial charge in [-0.05, 0) is 65.6 Å². The molecular formula is C44H51F4N3O6. The lowest BCUT2D eigenvalue weighted by molar-refractivity contribution is -0.139. The van der Waals surface area contributed by atoms with Crippen molar-refractivity contribution < 1.29 is 46.6 Å². The molecule has 1 heterocycles. The van der Waals surface area contributed by atoms with Crippen molar-refractivity contribution in [2.75, 3.05) is 7.11 Å². The number of H-pyrrole nitrogens is 1. The molecule has 0 spiro atoms. The highest BCUT2D eigenvalue weighted by Crippen LogP contribution is 2.41. The average Bonchev–Trinajstić information content (AvgIpc) is 3.55. The van der Waals surface area contributed by atoms with Crippen LogP contribution in [-0.2, 0) is 51.2 Å². The van der Waals surface area contributed by atoms with Crippen molar-refractivity contribution in [3.63, 3.8) is 0 Å². The van der Waals surface area contributed by atoms with Gasteiger partial charge in [-0.2, -0.15) is 13.2 Å². The highest BCUT2D eigenvalue weighted by atomic mass is 19.4. The summed E-state index contributed by atoms with van der Waals surface area (Å²) < 4.78 is 61.9. The number of hydrogen-bond donors (Lipinski definition) is 4. The Labute approximate surface area is 330 Å². The molecule has 5 atom stereocenters. The number of benzene rings is 3. The molecule has 57 heavy (non-hydrogen) atoms. The number of ketones is 2. The van der Waals surface area contributed by atoms with Gasteiger partial charge in [0.2, 0.25) is 11.8 Å². The Kier molecular flexibility index (Phi) is 13.5. The van der Waals surface area contributed by atoms with Crippen LogP contribution >= 0.6 is 0 Å². The third kappa shape index (κ3) is 9.68. The number of aromatic amines is 1. The van der Waals surface area contributed by atoms with Crippen LogP contribution in [0.4, 0.5) is 17.6 Å². The number of carbonyl (C=O) groups is 4. The van der Waals surface area contributed by atoms with E-state index in [1.807, 2.05) is 27.7 Å². The minimum Gasteiger partial charge on any atom is -0.504 e. The molecule has 306 valence electrons. The summed E-state index contributed by atoms with van der Waals surface area (Å²) in [6.45, 7) is 7.47. The van der Waals surface area contributed by atoms with Gasteiger partial charge in [0.05, 0.1) is 18.2 Å². The van der Waals surface area contributed by atoms with Crippen molar-refractivity contribution in [3.8, 4) is 11.5 Å². The Morgan fingerprint density at radius 2 is 1.61 bits per heavy atom. The molecule has 1 aliphatic carbocycles. The largest absolute Gasteiger partial charge is 0.504 e. The van der Waals surface area contributed by atoms with Crippen LogP contribution in [0.15, 0.2) is 60.7 Å². The van der Waals surface area contributed by atoms with Gasteiger partial charge in [0.25, 0.3) is 0 Å². The number of carbonyl (C=O) groups excluding carboxylic acids is 4. The Morgan fingerprint density at radius 1 is 0.930 bits per heavy atom. The fourth-order valence-electron chi connectivity index (χ4n) is 7.86. The first-order valence-electron chi connectivity index (χ1n) is 19.4. The number of Topliss-reactive ketones (excluding diaryl/α,β-unsaturated/α-hetero) is 2. The second-order valence-corrected chi connectivity index (χ2v) is 15.4. The molecule has 9 nitrogen and oxygen atoms in total. The second-order valence-electron chi connectivity index (χ2n) is 15.4. The van der Waals surface area contributed by atoms with Gasteiger partial charge in [0.1, 0.15) is 17.1 Å². The first-order chi connectivity index (χ1) is 27.0. The number of hydrogen-bond acceptors (Lipinski definition) is 6. The molecule has 4 N–H and O–H groups in total. The van der Waals surface area contributed by atoms with E-state index < -0.39 is 52.5 Å². The van der Waals surface area contributed by atoms with Crippen LogP contribution in [0.25, 0.3) is 10.9 Å². The molecule has 0 bridgehead atoms. The number of aryl methyl sites for hydroxylation is 1. The lowest BCUT2D eigenvalue weighted by Gasteiger charge is -2.39. The Bertz CT molecular complexity index is 2110. The van der Waals surface area contributed by atoms with E-state index in [0.29, 0.717) is 29.7 Å². The molecule has 4 aromatic rings. The fraction of sp³-hybridized carbons (Fsp3) is 0.455. The Morgan fingerprint density at radius 3 is 2.25 bits per heavy atom. The van der Waals surface area contributed by atoms with E-state index in [0.717, 1.165) is 6.07 Å². The molecule has 1 aromatic heterocycles. The number of fused-ring (bicyclic) bond motifs is 3. The molecule has 0 saturated carbocycles. The minimum atomic E-state index is -4.64. The van der Waals surface area contributed by atoms with Gasteiger partial charge >= 0.3 is 6.18 Å². The first kappa shape index (κ1) is 42.9. The maximum atomic E-state index is 14.9. The van der Waals surface area contributed by atoms with E-state index in [-0.39, 0.29) is 90.7 Å². The number of phenolic OH excluding ortho intramolecular Hbond substituents is 1. The van der Waals surface area contributed by atoms with Crippen molar-refractivity contribution in [1.82, 2.24) is 15.6 Å². The SMILES string of the molecule is CCC(C)[C@H](CC(=O)[C@@]1(NC(=O)[C@@H](CC(=O)Cc2ccccc2F)C(C)CC)CCc2[nH]c3c(C(F)(F)F)cccc3c2C1)C(=O)NCc1ccc(OC)c(O)c1. The Hall–Kier alpha value is -5.20. The lowest BCUT2D eigenvalue weighted by Crippen LogP contribution is -2.60. The number of halogens is 4. The van der Waals surface area contributed by atoms with Gasteiger partial charge in [-0.15, -0.1) is 0 Å². The highest BCUT2D eigenvalue weighted by molar-refractivity contribution is 5.99. The number of ether oxygens (including phenoxy) is 1. The molecule has 1 aliphatic rings. The maximum Gasteiger partial charge on any atom is 0.418 e. The topological polar surface area (TPSA) is 138 Å². The summed E-state index contributed by atoms with van der Waals surface area (Å²) in [5.41, 5.74) is -0.791. The minimum absolute atomic E-state index is 0.0368. The van der Waals surface area contributed by atoms with Gasteiger partial charge in [0, 0.05) is 55.1 Å². The van der Waals surface area contributed by atoms with Crippen molar-refractivity contribution >= 4 is 34.3 Å². The first-order valence-corrected chi connectivity index (χ1v) is 19.4. The third-order valence-electron chi connectivity index (χ3n) is 11.8. The van der Waals surface area contributed by atoms with Crippen LogP contribution < -0.4 is 15.4 Å². The number of alkyl halides is 3. The number of aromatic hydroxyl groups is 1. The average molecular weight is 794 g/mol. The number of methoxy groups -OCH3 is 1. The smallest absolute Gasteiger partial charge is 0.418 e. The predicted molar refractivity (Wildman–Crippen MR) is 208 cm³/mol. The molecule has 0 radical (unpaired) electrons. The van der Waals surface area contributed by atoms with Crippen LogP contribution in [0.2, 0.25) is 0 Å². The summed E-state index contributed by atoms with van der Waals surface area (Å²) >= 11 is 0. The van der Waals surface area contributed by atoms with Gasteiger partial charge in [0.15, 0.2) is 17.3 Å². The number of rotatable bonds is 17. The highest BCUT2D eigenvalue weighted by Gasteiger charge is 2.47. The van der Waals surface area contributed by atoms with E-state index in [9.17, 15) is 41.8 Å². The van der Waals surface area contributed by atoms with E-state index in [1.165, 1.54) is 37.4 Å². The summed E-state index contributed by atoms with van der Waals surface area (Å²) in [5.74, 6) is -4.49. The molecule has 0 fully saturated rings. The summed E-state index contributed by atoms with van der Waals surface area (Å²) in [7, 11) is 1.42. The van der Waals surface area contributed by atoms with Crippen molar-refractivity contribution in [2.45, 2.75) is 97.3 Å². The predicted octanol–water partition coefficient (Wildman–Crippen LogP) is 8.19. The normalized spacial score (nSPS) is 17.6. The molecule has 13 heteroatoms. The molecule has 0 saturated heterocycles. The standard InChI is InChI=1S/C44H51F4N3O6/c1-6-25(3)31(21-29(52)20-28-11-8-9-14-35(28)45)42(56)51-43(18-17-36-33(23-43)30-12-10-13-34(40(30)50-36)44(46,47)48)39(54)22-32(26(4)7-2)41(55)49-24-27-15-16-38(57-5)37(53)19-27/h8-16,19,25-26,31-32,50,53H,6-7,17-18,20-24H2,1-5H3,(H,49,55)(H,51,56)/t25?,26?,31-,32-,43+/m0/s1. The van der Waals surface area contributed by atoms with Crippen LogP contribution in [0.1, 0.15) is 87.7 Å². The van der Waals surface area contributed by atoms with E-state index in [4.69, 9.17) is 4.74 Å². The van der Waals surface area contributed by atoms with Gasteiger partial charge in [-0.25, -0.2) is 4.39 Å². The van der Waals surface area contributed by atoms with Gasteiger partial charge < -0.3 is 25.5 Å². The fourth-order valence-corrected chi connectivity index (χ4v) is 7.86. The summed E-state index contributed by atoms with van der Waals surface area (Å²) in [4.78, 5) is 59.5. The summed E-state index contributed by atoms with van der Waals surface area (Å²) in [6.07, 6.45) is -4.27. The third-order valence-corrected chi connectivity index (χ3v) is 11.8. The Balaban J connectivity index is 1.48. The number of nitrogens with one attached hydrogen (secondary N) is 3. The van der Waals surface area contributed by atoms with Gasteiger partial charge in [-0.3, -0.25) is 19.2 Å². The molecule has 3 aromatic carbocycles. The zero-order valence-corrected chi connectivity index (χ0v) is 32.9. The van der Waals surface area contributed by atoms with Crippen molar-refractivity contribution in [2.24, 2.45) is 23.7 Å². The van der Waals surface area contributed by atoms with Crippen LogP contribution in [-0.4, -0.2) is 46.1 Å².